The van der Waals surface area contributed by atoms with E-state index in [1.807, 2.05) is 11.8 Å². The van der Waals surface area contributed by atoms with Gasteiger partial charge in [-0.15, -0.1) is 0 Å². The van der Waals surface area contributed by atoms with Crippen molar-refractivity contribution in [2.24, 2.45) is 0 Å². The Labute approximate surface area is 136 Å². The molecule has 1 aliphatic carbocycles. The molecule has 1 aromatic rings. The first kappa shape index (κ1) is 15.9. The van der Waals surface area contributed by atoms with Crippen LogP contribution in [-0.2, 0) is 4.79 Å². The third kappa shape index (κ3) is 3.51. The molecule has 2 aliphatic rings. The topological polar surface area (TPSA) is 66.4 Å². The molecule has 1 aliphatic heterocycles. The van der Waals surface area contributed by atoms with Crippen LogP contribution in [-0.4, -0.2) is 57.3 Å². The lowest BCUT2D eigenvalue weighted by Gasteiger charge is -2.40. The lowest BCUT2D eigenvalue weighted by Crippen LogP contribution is -2.55. The summed E-state index contributed by atoms with van der Waals surface area (Å²) in [5.41, 5.74) is 1.15. The molecule has 0 radical (unpaired) electrons. The van der Waals surface area contributed by atoms with E-state index in [4.69, 9.17) is 0 Å². The zero-order valence-corrected chi connectivity index (χ0v) is 13.9. The van der Waals surface area contributed by atoms with Crippen LogP contribution in [0.5, 0.6) is 0 Å². The Hall–Kier alpha value is -1.98. The zero-order valence-electron chi connectivity index (χ0n) is 13.9. The summed E-state index contributed by atoms with van der Waals surface area (Å²) in [6.45, 7) is 5.01. The molecular weight excluding hydrogens is 292 g/mol. The maximum absolute atomic E-state index is 12.6. The van der Waals surface area contributed by atoms with Gasteiger partial charge in [0.1, 0.15) is 18.1 Å². The van der Waals surface area contributed by atoms with Crippen molar-refractivity contribution < 1.29 is 9.59 Å². The molecule has 2 heterocycles. The van der Waals surface area contributed by atoms with Crippen LogP contribution in [0.25, 0.3) is 0 Å². The third-order valence-electron chi connectivity index (χ3n) is 4.75. The van der Waals surface area contributed by atoms with Gasteiger partial charge < -0.3 is 9.80 Å². The number of hydrogen-bond donors (Lipinski definition) is 0. The van der Waals surface area contributed by atoms with Crippen LogP contribution in [0.1, 0.15) is 54.1 Å². The summed E-state index contributed by atoms with van der Waals surface area (Å²) in [5.74, 6) is 0.481. The van der Waals surface area contributed by atoms with Gasteiger partial charge in [0.05, 0.1) is 0 Å². The number of amides is 2. The molecule has 0 unspecified atom stereocenters. The fraction of sp³-hybridized carbons (Fsp3) is 0.647. The highest BCUT2D eigenvalue weighted by atomic mass is 16.2. The van der Waals surface area contributed by atoms with Gasteiger partial charge in [-0.1, -0.05) is 19.3 Å². The fourth-order valence-electron chi connectivity index (χ4n) is 3.63. The number of carbonyl (C=O) groups excluding carboxylic acids is 2. The van der Waals surface area contributed by atoms with E-state index in [0.29, 0.717) is 30.6 Å². The average Bonchev–Trinajstić information content (AvgIpc) is 2.54. The van der Waals surface area contributed by atoms with Crippen molar-refractivity contribution in [3.8, 4) is 0 Å². The molecule has 1 saturated heterocycles. The highest BCUT2D eigenvalue weighted by Gasteiger charge is 2.32. The molecule has 23 heavy (non-hydrogen) atoms. The Balaban J connectivity index is 1.67. The van der Waals surface area contributed by atoms with Crippen LogP contribution < -0.4 is 0 Å². The predicted molar refractivity (Wildman–Crippen MR) is 86.0 cm³/mol. The van der Waals surface area contributed by atoms with Crippen LogP contribution in [0, 0.1) is 13.8 Å². The van der Waals surface area contributed by atoms with Crippen LogP contribution in [0.4, 0.5) is 0 Å². The molecule has 2 amide bonds. The standard InChI is InChI=1S/C17H24N4O2/c1-12-10-15(19-13(2)18-12)17(23)20-8-9-21(16(22)11-20)14-6-4-3-5-7-14/h10,14H,3-9,11H2,1-2H3. The summed E-state index contributed by atoms with van der Waals surface area (Å²) < 4.78 is 0. The molecule has 3 rings (SSSR count). The van der Waals surface area contributed by atoms with Gasteiger partial charge in [-0.3, -0.25) is 9.59 Å². The monoisotopic (exact) mass is 316 g/mol. The molecular formula is C17H24N4O2. The molecule has 1 saturated carbocycles. The quantitative estimate of drug-likeness (QED) is 0.833. The molecule has 0 bridgehead atoms. The number of aromatic nitrogens is 2. The highest BCUT2D eigenvalue weighted by Crippen LogP contribution is 2.24. The molecule has 0 N–H and O–H groups in total. The zero-order chi connectivity index (χ0) is 16.4. The Kier molecular flexibility index (Phi) is 4.59. The van der Waals surface area contributed by atoms with Gasteiger partial charge in [0, 0.05) is 24.8 Å². The first-order chi connectivity index (χ1) is 11.0. The van der Waals surface area contributed by atoms with Crippen molar-refractivity contribution >= 4 is 11.8 Å². The summed E-state index contributed by atoms with van der Waals surface area (Å²) in [5, 5.41) is 0. The van der Waals surface area contributed by atoms with Crippen molar-refractivity contribution in [2.75, 3.05) is 19.6 Å². The average molecular weight is 316 g/mol. The first-order valence-corrected chi connectivity index (χ1v) is 8.45. The van der Waals surface area contributed by atoms with Crippen LogP contribution in [0.2, 0.25) is 0 Å². The molecule has 6 heteroatoms. The smallest absolute Gasteiger partial charge is 0.273 e. The number of hydrogen-bond acceptors (Lipinski definition) is 4. The van der Waals surface area contributed by atoms with Crippen LogP contribution in [0.15, 0.2) is 6.07 Å². The summed E-state index contributed by atoms with van der Waals surface area (Å²) in [6.07, 6.45) is 5.89. The number of nitrogens with zero attached hydrogens (tertiary/aromatic N) is 4. The maximum atomic E-state index is 12.6. The number of piperazine rings is 1. The second-order valence-corrected chi connectivity index (χ2v) is 6.55. The van der Waals surface area contributed by atoms with Gasteiger partial charge in [-0.2, -0.15) is 0 Å². The van der Waals surface area contributed by atoms with E-state index in [1.54, 1.807) is 17.9 Å². The lowest BCUT2D eigenvalue weighted by molar-refractivity contribution is -0.138. The van der Waals surface area contributed by atoms with Gasteiger partial charge >= 0.3 is 0 Å². The van der Waals surface area contributed by atoms with E-state index in [9.17, 15) is 9.59 Å². The minimum Gasteiger partial charge on any atom is -0.336 e. The molecule has 2 fully saturated rings. The van der Waals surface area contributed by atoms with Gasteiger partial charge in [0.2, 0.25) is 5.91 Å². The Morgan fingerprint density at radius 3 is 2.52 bits per heavy atom. The van der Waals surface area contributed by atoms with Gasteiger partial charge in [-0.25, -0.2) is 9.97 Å². The van der Waals surface area contributed by atoms with Gasteiger partial charge in [0.15, 0.2) is 0 Å². The van der Waals surface area contributed by atoms with E-state index >= 15 is 0 Å². The van der Waals surface area contributed by atoms with E-state index in [2.05, 4.69) is 9.97 Å². The predicted octanol–water partition coefficient (Wildman–Crippen LogP) is 1.71. The van der Waals surface area contributed by atoms with Gasteiger partial charge in [-0.05, 0) is 32.8 Å². The molecule has 124 valence electrons. The minimum atomic E-state index is -0.171. The van der Waals surface area contributed by atoms with E-state index in [-0.39, 0.29) is 18.4 Å². The van der Waals surface area contributed by atoms with Crippen molar-refractivity contribution in [3.05, 3.63) is 23.3 Å². The van der Waals surface area contributed by atoms with Crippen molar-refractivity contribution in [3.63, 3.8) is 0 Å². The number of aryl methyl sites for hydroxylation is 2. The van der Waals surface area contributed by atoms with Crippen molar-refractivity contribution in [1.82, 2.24) is 19.8 Å². The SMILES string of the molecule is Cc1cc(C(=O)N2CCN(C3CCCCC3)C(=O)C2)nc(C)n1. The molecule has 0 spiro atoms. The summed E-state index contributed by atoms with van der Waals surface area (Å²) in [4.78, 5) is 37.1. The molecule has 0 atom stereocenters. The van der Waals surface area contributed by atoms with Crippen LogP contribution in [0.3, 0.4) is 0 Å². The highest BCUT2D eigenvalue weighted by molar-refractivity contribution is 5.95. The first-order valence-electron chi connectivity index (χ1n) is 8.45. The lowest BCUT2D eigenvalue weighted by atomic mass is 9.93. The number of rotatable bonds is 2. The van der Waals surface area contributed by atoms with E-state index < -0.39 is 0 Å². The maximum Gasteiger partial charge on any atom is 0.273 e. The molecule has 0 aromatic carbocycles. The van der Waals surface area contributed by atoms with E-state index in [1.165, 1.54) is 19.3 Å². The normalized spacial score (nSPS) is 20.0. The summed E-state index contributed by atoms with van der Waals surface area (Å²) >= 11 is 0. The Bertz CT molecular complexity index is 590. The largest absolute Gasteiger partial charge is 0.336 e. The Morgan fingerprint density at radius 2 is 1.87 bits per heavy atom. The van der Waals surface area contributed by atoms with Crippen LogP contribution >= 0.6 is 0 Å². The summed E-state index contributed by atoms with van der Waals surface area (Å²) in [7, 11) is 0. The molecule has 6 nitrogen and oxygen atoms in total. The van der Waals surface area contributed by atoms with Crippen molar-refractivity contribution in [2.45, 2.75) is 52.0 Å². The second kappa shape index (κ2) is 6.64. The Morgan fingerprint density at radius 1 is 1.13 bits per heavy atom. The molecule has 1 aromatic heterocycles. The van der Waals surface area contributed by atoms with Gasteiger partial charge in [0.25, 0.3) is 5.91 Å². The van der Waals surface area contributed by atoms with E-state index in [0.717, 1.165) is 18.5 Å². The summed E-state index contributed by atoms with van der Waals surface area (Å²) in [6, 6.07) is 2.06. The second-order valence-electron chi connectivity index (χ2n) is 6.55. The van der Waals surface area contributed by atoms with Crippen molar-refractivity contribution in [1.29, 1.82) is 0 Å². The fourth-order valence-corrected chi connectivity index (χ4v) is 3.63. The minimum absolute atomic E-state index is 0.0685. The number of carbonyl (C=O) groups is 2. The third-order valence-corrected chi connectivity index (χ3v) is 4.75.